The van der Waals surface area contributed by atoms with Gasteiger partial charge in [0.2, 0.25) is 0 Å². The Labute approximate surface area is 419 Å². The van der Waals surface area contributed by atoms with Crippen LogP contribution in [0.1, 0.15) is 91.9 Å². The van der Waals surface area contributed by atoms with Gasteiger partial charge < -0.3 is 109 Å². The van der Waals surface area contributed by atoms with Gasteiger partial charge in [-0.05, 0) is 104 Å². The van der Waals surface area contributed by atoms with Crippen LogP contribution in [0.5, 0.6) is 0 Å². The van der Waals surface area contributed by atoms with Gasteiger partial charge in [0.05, 0.1) is 45.2 Å². The molecule has 10 aliphatic rings. The van der Waals surface area contributed by atoms with E-state index in [0.717, 1.165) is 58.0 Å². The second kappa shape index (κ2) is 21.1. The van der Waals surface area contributed by atoms with Gasteiger partial charge >= 0.3 is 0 Å². The summed E-state index contributed by atoms with van der Waals surface area (Å²) >= 11 is 0. The molecule has 10 rings (SSSR count). The minimum Gasteiger partial charge on any atom is -0.394 e. The highest BCUT2D eigenvalue weighted by Crippen LogP contribution is 2.71. The van der Waals surface area contributed by atoms with E-state index < -0.39 is 149 Å². The van der Waals surface area contributed by atoms with Crippen LogP contribution in [0, 0.1) is 52.3 Å². The Hall–Kier alpha value is -0.880. The molecule has 414 valence electrons. The summed E-state index contributed by atoms with van der Waals surface area (Å²) in [5.41, 5.74) is 0.239. The minimum absolute atomic E-state index is 0.0559. The molecule has 0 amide bonds. The summed E-state index contributed by atoms with van der Waals surface area (Å²) in [5.74, 6) is 2.91. The van der Waals surface area contributed by atoms with Gasteiger partial charge in [-0.25, -0.2) is 0 Å². The minimum atomic E-state index is -1.99. The molecule has 22 nitrogen and oxygen atoms in total. The SMILES string of the molecule is C[C@H]1CC[C@@]2(OC1)O[C@H]1C[C@H]3[C@@H]4CC[C@@H]5C[C@@H](O[C@@H]6O[C@H](CO)[C@@H](O[C@@H]7O[C@H](CO)[C@@H](O[C@@H]8OC[C@@H](O)[C@H](O)[C@H]8O)[C@H](O)[C@H]7O)[C@H](O[C@@H]7O[C@H](CO)[C@@H](O)[C@H](O)[C@H]7O)[C@H]6O)CC[C@]5(C)[C@H]4CC[C@]3(C)[C@H]1[C@@H]2C. The van der Waals surface area contributed by atoms with Crippen LogP contribution in [0.15, 0.2) is 0 Å². The Balaban J connectivity index is 0.830. The zero-order valence-electron chi connectivity index (χ0n) is 41.7. The number of aliphatic hydroxyl groups is 12. The zero-order chi connectivity index (χ0) is 51.3. The molecule has 31 atom stereocenters. The van der Waals surface area contributed by atoms with E-state index in [-0.39, 0.29) is 23.0 Å². The largest absolute Gasteiger partial charge is 0.394 e. The van der Waals surface area contributed by atoms with Crippen molar-refractivity contribution in [1.29, 1.82) is 0 Å². The van der Waals surface area contributed by atoms with Crippen molar-refractivity contribution in [2.24, 2.45) is 52.3 Å². The molecule has 1 spiro atoms. The lowest BCUT2D eigenvalue weighted by molar-refractivity contribution is -0.396. The summed E-state index contributed by atoms with van der Waals surface area (Å²) in [7, 11) is 0. The van der Waals surface area contributed by atoms with Gasteiger partial charge in [-0.3, -0.25) is 0 Å². The van der Waals surface area contributed by atoms with E-state index in [1.54, 1.807) is 0 Å². The second-order valence-corrected chi connectivity index (χ2v) is 23.9. The van der Waals surface area contributed by atoms with E-state index in [0.29, 0.717) is 54.3 Å². The summed E-state index contributed by atoms with van der Waals surface area (Å²) in [6.45, 7) is 7.51. The van der Waals surface area contributed by atoms with Gasteiger partial charge in [-0.1, -0.05) is 27.7 Å². The van der Waals surface area contributed by atoms with E-state index >= 15 is 0 Å². The quantitative estimate of drug-likeness (QED) is 0.0971. The van der Waals surface area contributed by atoms with Crippen molar-refractivity contribution in [3.05, 3.63) is 0 Å². The van der Waals surface area contributed by atoms with E-state index in [1.165, 1.54) is 0 Å². The third-order valence-corrected chi connectivity index (χ3v) is 20.0. The monoisotopic (exact) mass is 1030 g/mol. The van der Waals surface area contributed by atoms with Crippen LogP contribution < -0.4 is 0 Å². The molecule has 0 unspecified atom stereocenters. The van der Waals surface area contributed by atoms with Gasteiger partial charge in [-0.15, -0.1) is 0 Å². The van der Waals surface area contributed by atoms with Crippen molar-refractivity contribution in [2.75, 3.05) is 33.0 Å². The fourth-order valence-corrected chi connectivity index (χ4v) is 15.9. The first kappa shape index (κ1) is 54.5. The average molecular weight is 1040 g/mol. The average Bonchev–Trinajstić information content (AvgIpc) is 3.82. The summed E-state index contributed by atoms with van der Waals surface area (Å²) in [6, 6.07) is 0. The van der Waals surface area contributed by atoms with E-state index in [9.17, 15) is 61.3 Å². The van der Waals surface area contributed by atoms with Crippen LogP contribution >= 0.6 is 0 Å². The standard InChI is InChI=1S/C50H82O22/c1-20-7-12-50(64-18-20)21(2)32-28(72-50)14-26-24-6-5-22-13-23(8-10-48(22,3)25(24)9-11-49(26,32)4)65-47-40(62)43(71-45-38(60)35(57)34(56)29(15-51)66-45)42(31(17-53)68-47)70-46-39(61)36(58)41(30(16-52)67-46)69-44-37(59)33(55)27(54)19-63-44/h20-47,51-62H,5-19H2,1-4H3/t20-,21-,22+,23-,24+,25-,26-,27+,28-,29+,30+,31+,32-,33-,34+,35-,36+,37+,38+,39+,40+,41+,42+,43+,44-,45-,46-,47+,48-,49-,50+/m0/s1. The third kappa shape index (κ3) is 9.26. The molecule has 72 heavy (non-hydrogen) atoms. The highest BCUT2D eigenvalue weighted by molar-refractivity contribution is 5.15. The first-order chi connectivity index (χ1) is 34.3. The fourth-order valence-electron chi connectivity index (χ4n) is 15.9. The van der Waals surface area contributed by atoms with Crippen molar-refractivity contribution in [3.63, 3.8) is 0 Å². The molecule has 12 N–H and O–H groups in total. The Morgan fingerprint density at radius 2 is 1.12 bits per heavy atom. The number of hydrogen-bond acceptors (Lipinski definition) is 22. The maximum absolute atomic E-state index is 12.2. The second-order valence-electron chi connectivity index (χ2n) is 23.9. The van der Waals surface area contributed by atoms with Crippen LogP contribution in [-0.4, -0.2) is 229 Å². The molecule has 0 aromatic rings. The number of ether oxygens (including phenoxy) is 10. The number of rotatable bonds is 11. The predicted octanol–water partition coefficient (Wildman–Crippen LogP) is -2.27. The van der Waals surface area contributed by atoms with Gasteiger partial charge in [0.15, 0.2) is 30.9 Å². The highest BCUT2D eigenvalue weighted by Gasteiger charge is 2.69. The molecule has 4 saturated carbocycles. The third-order valence-electron chi connectivity index (χ3n) is 20.0. The van der Waals surface area contributed by atoms with Crippen molar-refractivity contribution in [3.8, 4) is 0 Å². The lowest BCUT2D eigenvalue weighted by Crippen LogP contribution is -2.68. The lowest BCUT2D eigenvalue weighted by Gasteiger charge is -2.61. The van der Waals surface area contributed by atoms with E-state index in [4.69, 9.17) is 47.4 Å². The van der Waals surface area contributed by atoms with Crippen LogP contribution in [0.25, 0.3) is 0 Å². The molecular weight excluding hydrogens is 953 g/mol. The molecule has 22 heteroatoms. The molecule has 0 radical (unpaired) electrons. The normalized spacial score (nSPS) is 57.8. The van der Waals surface area contributed by atoms with Crippen LogP contribution in [0.2, 0.25) is 0 Å². The maximum Gasteiger partial charge on any atom is 0.187 e. The van der Waals surface area contributed by atoms with Gasteiger partial charge in [0.1, 0.15) is 91.6 Å². The molecular formula is C50H82O22. The summed E-state index contributed by atoms with van der Waals surface area (Å²) in [6.07, 6.45) is -22.4. The Kier molecular flexibility index (Phi) is 15.9. The van der Waals surface area contributed by atoms with Crippen molar-refractivity contribution in [2.45, 2.75) is 227 Å². The molecule has 10 fully saturated rings. The Bertz CT molecular complexity index is 1830. The Morgan fingerprint density at radius 1 is 0.514 bits per heavy atom. The molecule has 4 aliphatic carbocycles. The highest BCUT2D eigenvalue weighted by atomic mass is 16.8. The molecule has 0 aromatic carbocycles. The van der Waals surface area contributed by atoms with Crippen molar-refractivity contribution in [1.82, 2.24) is 0 Å². The molecule has 6 aliphatic heterocycles. The smallest absolute Gasteiger partial charge is 0.187 e. The van der Waals surface area contributed by atoms with Crippen LogP contribution in [0.4, 0.5) is 0 Å². The molecule has 0 bridgehead atoms. The Morgan fingerprint density at radius 3 is 1.81 bits per heavy atom. The summed E-state index contributed by atoms with van der Waals surface area (Å²) in [4.78, 5) is 0. The van der Waals surface area contributed by atoms with E-state index in [1.807, 2.05) is 0 Å². The maximum atomic E-state index is 12.2. The number of aliphatic hydroxyl groups excluding tert-OH is 12. The van der Waals surface area contributed by atoms with Crippen molar-refractivity contribution >= 4 is 0 Å². The summed E-state index contributed by atoms with van der Waals surface area (Å²) < 4.78 is 61.3. The molecule has 6 heterocycles. The first-order valence-electron chi connectivity index (χ1n) is 26.7. The topological polar surface area (TPSA) is 335 Å². The number of hydrogen-bond donors (Lipinski definition) is 12. The van der Waals surface area contributed by atoms with Gasteiger partial charge in [0.25, 0.3) is 0 Å². The first-order valence-corrected chi connectivity index (χ1v) is 26.7. The van der Waals surface area contributed by atoms with Gasteiger partial charge in [0, 0.05) is 12.3 Å². The van der Waals surface area contributed by atoms with Crippen LogP contribution in [0.3, 0.4) is 0 Å². The molecule has 6 saturated heterocycles. The van der Waals surface area contributed by atoms with Gasteiger partial charge in [-0.2, -0.15) is 0 Å². The number of fused-ring (bicyclic) bond motifs is 7. The fraction of sp³-hybridized carbons (Fsp3) is 1.00. The summed E-state index contributed by atoms with van der Waals surface area (Å²) in [5, 5.41) is 129. The predicted molar refractivity (Wildman–Crippen MR) is 242 cm³/mol. The van der Waals surface area contributed by atoms with E-state index in [2.05, 4.69) is 27.7 Å². The molecule has 0 aromatic heterocycles. The van der Waals surface area contributed by atoms with Crippen LogP contribution in [-0.2, 0) is 47.4 Å². The zero-order valence-corrected chi connectivity index (χ0v) is 41.7. The lowest BCUT2D eigenvalue weighted by atomic mass is 9.44. The van der Waals surface area contributed by atoms with Crippen molar-refractivity contribution < 1.29 is 109 Å².